The highest BCUT2D eigenvalue weighted by molar-refractivity contribution is 6.31. The Morgan fingerprint density at radius 3 is 2.55 bits per heavy atom. The quantitative estimate of drug-likeness (QED) is 0.944. The molecule has 2 atom stereocenters. The van der Waals surface area contributed by atoms with Crippen LogP contribution in [0.1, 0.15) is 17.2 Å². The molecule has 5 nitrogen and oxygen atoms in total. The Hall–Kier alpha value is -1.43. The van der Waals surface area contributed by atoms with E-state index in [1.54, 1.807) is 7.11 Å². The van der Waals surface area contributed by atoms with E-state index in [4.69, 9.17) is 27.9 Å². The fourth-order valence-corrected chi connectivity index (χ4v) is 2.84. The molecule has 104 valence electrons. The van der Waals surface area contributed by atoms with Gasteiger partial charge >= 0.3 is 0 Å². The van der Waals surface area contributed by atoms with Crippen LogP contribution in [0.15, 0.2) is 24.3 Å². The standard InChI is InChI=1S/C13H12Cl2N4O/c1-20-9-6-7-4-2-3-5-8(7)10(9)16-13-18-11(14)17-12(15)19-13/h2-5,9-10H,6H2,1H3,(H,16,17,18,19)/t9-,10+/m0/s1. The summed E-state index contributed by atoms with van der Waals surface area (Å²) in [5, 5.41) is 3.35. The minimum atomic E-state index is -0.0364. The maximum atomic E-state index is 5.79. The van der Waals surface area contributed by atoms with Crippen molar-refractivity contribution < 1.29 is 4.74 Å². The van der Waals surface area contributed by atoms with Gasteiger partial charge in [-0.05, 0) is 34.3 Å². The molecular weight excluding hydrogens is 299 g/mol. The Morgan fingerprint density at radius 1 is 1.15 bits per heavy atom. The molecule has 1 heterocycles. The van der Waals surface area contributed by atoms with Crippen LogP contribution in [0, 0.1) is 0 Å². The van der Waals surface area contributed by atoms with E-state index in [1.807, 2.05) is 12.1 Å². The molecule has 1 aromatic heterocycles. The summed E-state index contributed by atoms with van der Waals surface area (Å²) in [6.07, 6.45) is 0.860. The zero-order valence-electron chi connectivity index (χ0n) is 10.7. The molecule has 1 aliphatic rings. The summed E-state index contributed by atoms with van der Waals surface area (Å²) >= 11 is 11.6. The van der Waals surface area contributed by atoms with Crippen molar-refractivity contribution in [3.05, 3.63) is 46.0 Å². The number of rotatable bonds is 3. The maximum absolute atomic E-state index is 5.79. The van der Waals surface area contributed by atoms with Crippen molar-refractivity contribution in [1.29, 1.82) is 0 Å². The molecule has 1 N–H and O–H groups in total. The summed E-state index contributed by atoms with van der Waals surface area (Å²) in [6.45, 7) is 0. The molecule has 0 bridgehead atoms. The summed E-state index contributed by atoms with van der Waals surface area (Å²) in [4.78, 5) is 11.8. The summed E-state index contributed by atoms with van der Waals surface area (Å²) in [5.41, 5.74) is 2.43. The van der Waals surface area contributed by atoms with Gasteiger partial charge in [-0.3, -0.25) is 0 Å². The van der Waals surface area contributed by atoms with Gasteiger partial charge in [-0.2, -0.15) is 15.0 Å². The molecular formula is C13H12Cl2N4O. The molecule has 1 aliphatic carbocycles. The molecule has 7 heteroatoms. The Bertz CT molecular complexity index is 617. The molecule has 2 aromatic rings. The summed E-state index contributed by atoms with van der Waals surface area (Å²) in [5.74, 6) is 0.346. The topological polar surface area (TPSA) is 59.9 Å². The molecule has 1 aromatic carbocycles. The van der Waals surface area contributed by atoms with Crippen LogP contribution in [0.25, 0.3) is 0 Å². The van der Waals surface area contributed by atoms with Crippen molar-refractivity contribution in [3.63, 3.8) is 0 Å². The largest absolute Gasteiger partial charge is 0.379 e. The van der Waals surface area contributed by atoms with Crippen LogP contribution in [-0.4, -0.2) is 28.2 Å². The second-order valence-electron chi connectivity index (χ2n) is 4.50. The highest BCUT2D eigenvalue weighted by atomic mass is 35.5. The van der Waals surface area contributed by atoms with Gasteiger partial charge in [0.15, 0.2) is 0 Å². The third kappa shape index (κ3) is 2.57. The molecule has 3 rings (SSSR count). The zero-order chi connectivity index (χ0) is 14.1. The highest BCUT2D eigenvalue weighted by Crippen LogP contribution is 2.35. The van der Waals surface area contributed by atoms with Crippen molar-refractivity contribution in [3.8, 4) is 0 Å². The second-order valence-corrected chi connectivity index (χ2v) is 5.17. The number of nitrogens with one attached hydrogen (secondary N) is 1. The average Bonchev–Trinajstić information content (AvgIpc) is 2.76. The summed E-state index contributed by atoms with van der Waals surface area (Å²) < 4.78 is 5.54. The van der Waals surface area contributed by atoms with E-state index in [1.165, 1.54) is 11.1 Å². The Kier molecular flexibility index (Phi) is 3.74. The van der Waals surface area contributed by atoms with Crippen LogP contribution in [-0.2, 0) is 11.2 Å². The SMILES string of the molecule is CO[C@H]1Cc2ccccc2[C@H]1Nc1nc(Cl)nc(Cl)n1. The lowest BCUT2D eigenvalue weighted by Gasteiger charge is -2.20. The smallest absolute Gasteiger partial charge is 0.228 e. The van der Waals surface area contributed by atoms with Gasteiger partial charge in [0.25, 0.3) is 0 Å². The van der Waals surface area contributed by atoms with Crippen LogP contribution < -0.4 is 5.32 Å². The van der Waals surface area contributed by atoms with E-state index in [0.717, 1.165) is 6.42 Å². The van der Waals surface area contributed by atoms with Crippen molar-refractivity contribution >= 4 is 29.2 Å². The van der Waals surface area contributed by atoms with Gasteiger partial charge in [0.2, 0.25) is 16.5 Å². The lowest BCUT2D eigenvalue weighted by atomic mass is 10.1. The lowest BCUT2D eigenvalue weighted by molar-refractivity contribution is 0.0958. The maximum Gasteiger partial charge on any atom is 0.228 e. The number of ether oxygens (including phenoxy) is 1. The molecule has 0 saturated carbocycles. The normalized spacial score (nSPS) is 20.8. The number of hydrogen-bond donors (Lipinski definition) is 1. The summed E-state index contributed by atoms with van der Waals surface area (Å²) in [6, 6.07) is 8.14. The van der Waals surface area contributed by atoms with Gasteiger partial charge in [0, 0.05) is 13.5 Å². The molecule has 0 spiro atoms. The molecule has 0 fully saturated rings. The first-order chi connectivity index (χ1) is 9.67. The third-order valence-electron chi connectivity index (χ3n) is 3.35. The number of methoxy groups -OCH3 is 1. The lowest BCUT2D eigenvalue weighted by Crippen LogP contribution is -2.24. The fourth-order valence-electron chi connectivity index (χ4n) is 2.48. The Balaban J connectivity index is 1.92. The first-order valence-electron chi connectivity index (χ1n) is 6.11. The van der Waals surface area contributed by atoms with Crippen molar-refractivity contribution in [2.75, 3.05) is 12.4 Å². The predicted octanol–water partition coefficient (Wildman–Crippen LogP) is 2.90. The third-order valence-corrected chi connectivity index (χ3v) is 3.69. The molecule has 20 heavy (non-hydrogen) atoms. The number of hydrogen-bond acceptors (Lipinski definition) is 5. The zero-order valence-corrected chi connectivity index (χ0v) is 12.2. The highest BCUT2D eigenvalue weighted by Gasteiger charge is 2.32. The van der Waals surface area contributed by atoms with E-state index in [2.05, 4.69) is 32.4 Å². The molecule has 0 unspecified atom stereocenters. The van der Waals surface area contributed by atoms with Gasteiger partial charge < -0.3 is 10.1 Å². The minimum absolute atomic E-state index is 0.0155. The second kappa shape index (κ2) is 5.52. The van der Waals surface area contributed by atoms with Crippen LogP contribution in [0.2, 0.25) is 10.6 Å². The minimum Gasteiger partial charge on any atom is -0.379 e. The van der Waals surface area contributed by atoms with E-state index in [0.29, 0.717) is 5.95 Å². The molecule has 0 radical (unpaired) electrons. The van der Waals surface area contributed by atoms with E-state index < -0.39 is 0 Å². The van der Waals surface area contributed by atoms with Crippen LogP contribution in [0.5, 0.6) is 0 Å². The first kappa shape index (κ1) is 13.5. The number of halogens is 2. The monoisotopic (exact) mass is 310 g/mol. The van der Waals surface area contributed by atoms with Crippen LogP contribution in [0.3, 0.4) is 0 Å². The van der Waals surface area contributed by atoms with E-state index in [9.17, 15) is 0 Å². The van der Waals surface area contributed by atoms with Crippen molar-refractivity contribution in [2.45, 2.75) is 18.6 Å². The van der Waals surface area contributed by atoms with Crippen LogP contribution >= 0.6 is 23.2 Å². The number of nitrogens with zero attached hydrogens (tertiary/aromatic N) is 3. The average molecular weight is 311 g/mol. The van der Waals surface area contributed by atoms with E-state index >= 15 is 0 Å². The molecule has 0 saturated heterocycles. The number of aromatic nitrogens is 3. The van der Waals surface area contributed by atoms with Crippen molar-refractivity contribution in [1.82, 2.24) is 15.0 Å². The van der Waals surface area contributed by atoms with Gasteiger partial charge in [0.1, 0.15) is 0 Å². The van der Waals surface area contributed by atoms with Crippen molar-refractivity contribution in [2.24, 2.45) is 0 Å². The predicted molar refractivity (Wildman–Crippen MR) is 77.2 cm³/mol. The number of fused-ring (bicyclic) bond motifs is 1. The van der Waals surface area contributed by atoms with Gasteiger partial charge in [-0.15, -0.1) is 0 Å². The van der Waals surface area contributed by atoms with Crippen LogP contribution in [0.4, 0.5) is 5.95 Å². The molecule has 0 aliphatic heterocycles. The fraction of sp³-hybridized carbons (Fsp3) is 0.308. The summed E-state index contributed by atoms with van der Waals surface area (Å²) in [7, 11) is 1.69. The number of benzene rings is 1. The first-order valence-corrected chi connectivity index (χ1v) is 6.87. The Labute approximate surface area is 126 Å². The van der Waals surface area contributed by atoms with Gasteiger partial charge in [-0.25, -0.2) is 0 Å². The van der Waals surface area contributed by atoms with Gasteiger partial charge in [0.05, 0.1) is 12.1 Å². The molecule has 0 amide bonds. The number of anilines is 1. The van der Waals surface area contributed by atoms with Gasteiger partial charge in [-0.1, -0.05) is 24.3 Å². The van der Waals surface area contributed by atoms with E-state index in [-0.39, 0.29) is 22.7 Å². The Morgan fingerprint density at radius 2 is 1.85 bits per heavy atom.